The first-order valence-electron chi connectivity index (χ1n) is 3.14. The maximum absolute atomic E-state index is 10.3. The zero-order chi connectivity index (χ0) is 7.28. The number of allylic oxidation sites excluding steroid dienone is 1. The van der Waals surface area contributed by atoms with Crippen molar-refractivity contribution in [3.05, 3.63) is 11.6 Å². The van der Waals surface area contributed by atoms with Gasteiger partial charge in [-0.2, -0.15) is 0 Å². The van der Waals surface area contributed by atoms with Crippen molar-refractivity contribution in [2.75, 3.05) is 0 Å². The van der Waals surface area contributed by atoms with Crippen LogP contribution in [0.15, 0.2) is 11.6 Å². The molecule has 0 atom stereocenters. The molecule has 0 aromatic heterocycles. The first kappa shape index (κ1) is 12.6. The molecular weight excluding hydrogens is 140 g/mol. The number of carboxylic acid groups (broad SMARTS) is 1. The third kappa shape index (κ3) is 4.82. The molecule has 1 N–H and O–H groups in total. The number of aliphatic carboxylic acids is 1. The molecule has 0 radical (unpaired) electrons. The SMILES string of the molecule is CCC=C(CC)C(=O)O.[H-].[H-].[Mg+2]. The van der Waals surface area contributed by atoms with Crippen LogP contribution in [0.1, 0.15) is 29.5 Å². The van der Waals surface area contributed by atoms with E-state index in [9.17, 15) is 4.79 Å². The van der Waals surface area contributed by atoms with Gasteiger partial charge >= 0.3 is 29.0 Å². The summed E-state index contributed by atoms with van der Waals surface area (Å²) in [7, 11) is 0. The fourth-order valence-electron chi connectivity index (χ4n) is 0.629. The summed E-state index contributed by atoms with van der Waals surface area (Å²) in [5.74, 6) is -0.792. The first-order valence-corrected chi connectivity index (χ1v) is 3.14. The molecule has 0 aliphatic rings. The van der Waals surface area contributed by atoms with Crippen molar-refractivity contribution in [3.63, 3.8) is 0 Å². The van der Waals surface area contributed by atoms with E-state index in [1.165, 1.54) is 0 Å². The van der Waals surface area contributed by atoms with Gasteiger partial charge in [0, 0.05) is 5.57 Å². The van der Waals surface area contributed by atoms with Crippen LogP contribution < -0.4 is 0 Å². The summed E-state index contributed by atoms with van der Waals surface area (Å²) in [6, 6.07) is 0. The van der Waals surface area contributed by atoms with Gasteiger partial charge < -0.3 is 7.96 Å². The van der Waals surface area contributed by atoms with Gasteiger partial charge in [0.2, 0.25) is 0 Å². The molecule has 0 saturated carbocycles. The van der Waals surface area contributed by atoms with Crippen LogP contribution in [0.25, 0.3) is 0 Å². The fraction of sp³-hybridized carbons (Fsp3) is 0.571. The number of rotatable bonds is 3. The van der Waals surface area contributed by atoms with Crippen molar-refractivity contribution in [1.82, 2.24) is 0 Å². The van der Waals surface area contributed by atoms with Crippen LogP contribution in [-0.2, 0) is 4.79 Å². The number of hydrogen-bond donors (Lipinski definition) is 1. The Balaban J connectivity index is -0.000000107. The van der Waals surface area contributed by atoms with Crippen LogP contribution >= 0.6 is 0 Å². The van der Waals surface area contributed by atoms with E-state index in [0.717, 1.165) is 6.42 Å². The summed E-state index contributed by atoms with van der Waals surface area (Å²) in [6.45, 7) is 3.77. The topological polar surface area (TPSA) is 37.3 Å². The van der Waals surface area contributed by atoms with Crippen molar-refractivity contribution < 1.29 is 12.8 Å². The van der Waals surface area contributed by atoms with Gasteiger partial charge in [0.25, 0.3) is 0 Å². The van der Waals surface area contributed by atoms with E-state index in [-0.39, 0.29) is 25.9 Å². The van der Waals surface area contributed by atoms with Crippen LogP contribution in [0.5, 0.6) is 0 Å². The molecule has 0 heterocycles. The smallest absolute Gasteiger partial charge is 1.00 e. The Labute approximate surface area is 80.4 Å². The molecule has 0 aliphatic heterocycles. The minimum Gasteiger partial charge on any atom is -1.00 e. The van der Waals surface area contributed by atoms with E-state index in [0.29, 0.717) is 12.0 Å². The Morgan fingerprint density at radius 1 is 1.60 bits per heavy atom. The molecule has 0 spiro atoms. The van der Waals surface area contributed by atoms with E-state index < -0.39 is 5.97 Å². The Morgan fingerprint density at radius 2 is 2.10 bits per heavy atom. The minimum absolute atomic E-state index is 0. The molecule has 0 aromatic carbocycles. The van der Waals surface area contributed by atoms with Crippen molar-refractivity contribution >= 4 is 29.0 Å². The van der Waals surface area contributed by atoms with Crippen LogP contribution in [-0.4, -0.2) is 34.1 Å². The molecule has 0 aliphatic carbocycles. The van der Waals surface area contributed by atoms with E-state index in [1.807, 2.05) is 13.8 Å². The predicted molar refractivity (Wildman–Crippen MR) is 44.3 cm³/mol. The largest absolute Gasteiger partial charge is 2.00 e. The third-order valence-corrected chi connectivity index (χ3v) is 1.11. The Morgan fingerprint density at radius 3 is 2.20 bits per heavy atom. The number of hydrogen-bond acceptors (Lipinski definition) is 1. The van der Waals surface area contributed by atoms with Crippen molar-refractivity contribution in [2.24, 2.45) is 0 Å². The Hall–Kier alpha value is -0.0238. The van der Waals surface area contributed by atoms with Crippen LogP contribution in [0.2, 0.25) is 0 Å². The van der Waals surface area contributed by atoms with Crippen molar-refractivity contribution in [2.45, 2.75) is 26.7 Å². The molecule has 0 amide bonds. The maximum atomic E-state index is 10.3. The van der Waals surface area contributed by atoms with E-state index in [4.69, 9.17) is 5.11 Å². The van der Waals surface area contributed by atoms with Gasteiger partial charge in [-0.25, -0.2) is 4.79 Å². The molecule has 0 saturated heterocycles. The fourth-order valence-corrected chi connectivity index (χ4v) is 0.629. The molecule has 0 rings (SSSR count). The zero-order valence-electron chi connectivity index (χ0n) is 8.55. The molecule has 56 valence electrons. The summed E-state index contributed by atoms with van der Waals surface area (Å²) in [5, 5.41) is 8.44. The molecule has 10 heavy (non-hydrogen) atoms. The monoisotopic (exact) mass is 154 g/mol. The summed E-state index contributed by atoms with van der Waals surface area (Å²) in [4.78, 5) is 10.3. The Bertz CT molecular complexity index is 137. The molecule has 0 unspecified atom stereocenters. The molecular formula is C7H14MgO2. The minimum atomic E-state index is -0.792. The van der Waals surface area contributed by atoms with Gasteiger partial charge in [-0.05, 0) is 12.8 Å². The van der Waals surface area contributed by atoms with Crippen LogP contribution in [0.4, 0.5) is 0 Å². The zero-order valence-corrected chi connectivity index (χ0v) is 7.97. The second kappa shape index (κ2) is 7.09. The number of carboxylic acids is 1. The van der Waals surface area contributed by atoms with Gasteiger partial charge in [0.05, 0.1) is 0 Å². The van der Waals surface area contributed by atoms with Gasteiger partial charge in [0.15, 0.2) is 0 Å². The van der Waals surface area contributed by atoms with Gasteiger partial charge in [-0.1, -0.05) is 19.9 Å². The average Bonchev–Trinajstić information content (AvgIpc) is 1.82. The van der Waals surface area contributed by atoms with Crippen molar-refractivity contribution in [1.29, 1.82) is 0 Å². The quantitative estimate of drug-likeness (QED) is 0.496. The second-order valence-corrected chi connectivity index (χ2v) is 1.80. The van der Waals surface area contributed by atoms with Gasteiger partial charge in [-0.3, -0.25) is 0 Å². The summed E-state index contributed by atoms with van der Waals surface area (Å²) in [6.07, 6.45) is 3.15. The molecule has 0 bridgehead atoms. The van der Waals surface area contributed by atoms with Crippen LogP contribution in [0.3, 0.4) is 0 Å². The molecule has 0 aromatic rings. The summed E-state index contributed by atoms with van der Waals surface area (Å²) >= 11 is 0. The van der Waals surface area contributed by atoms with Crippen LogP contribution in [0, 0.1) is 0 Å². The summed E-state index contributed by atoms with van der Waals surface area (Å²) in [5.41, 5.74) is 0.512. The first-order chi connectivity index (χ1) is 4.22. The van der Waals surface area contributed by atoms with E-state index in [1.54, 1.807) is 6.08 Å². The molecule has 0 fully saturated rings. The Kier molecular flexibility index (Phi) is 8.95. The number of carbonyl (C=O) groups is 1. The normalized spacial score (nSPS) is 10.4. The van der Waals surface area contributed by atoms with Gasteiger partial charge in [-0.15, -0.1) is 0 Å². The maximum Gasteiger partial charge on any atom is 2.00 e. The van der Waals surface area contributed by atoms with Crippen molar-refractivity contribution in [3.8, 4) is 0 Å². The molecule has 2 nitrogen and oxygen atoms in total. The third-order valence-electron chi connectivity index (χ3n) is 1.11. The van der Waals surface area contributed by atoms with E-state index in [2.05, 4.69) is 0 Å². The average molecular weight is 154 g/mol. The van der Waals surface area contributed by atoms with E-state index >= 15 is 0 Å². The van der Waals surface area contributed by atoms with Gasteiger partial charge in [0.1, 0.15) is 0 Å². The summed E-state index contributed by atoms with van der Waals surface area (Å²) < 4.78 is 0. The second-order valence-electron chi connectivity index (χ2n) is 1.80. The standard InChI is InChI=1S/C7H12O2.Mg.2H/c1-3-5-6(4-2)7(8)9;;;/h5H,3-4H2,1-2H3,(H,8,9);;;/q;+2;2*-1. The predicted octanol–water partition coefficient (Wildman–Crippen LogP) is 1.66. The molecule has 3 heteroatoms.